The van der Waals surface area contributed by atoms with E-state index in [9.17, 15) is 0 Å². The van der Waals surface area contributed by atoms with Crippen molar-refractivity contribution in [1.82, 2.24) is 20.4 Å². The maximum atomic E-state index is 4.40. The van der Waals surface area contributed by atoms with Crippen LogP contribution in [0.2, 0.25) is 0 Å². The van der Waals surface area contributed by atoms with Crippen LogP contribution in [0.25, 0.3) is 5.69 Å². The Morgan fingerprint density at radius 2 is 2.05 bits per heavy atom. The zero-order valence-electron chi connectivity index (χ0n) is 12.3. The summed E-state index contributed by atoms with van der Waals surface area (Å²) in [6.45, 7) is 7.31. The van der Waals surface area contributed by atoms with Crippen LogP contribution in [0.4, 0.5) is 0 Å². The molecule has 1 aromatic carbocycles. The first-order chi connectivity index (χ1) is 9.79. The fourth-order valence-corrected chi connectivity index (χ4v) is 2.03. The number of nitrogens with zero attached hydrogens (tertiary/aromatic N) is 2. The van der Waals surface area contributed by atoms with Gasteiger partial charge in [-0.2, -0.15) is 5.10 Å². The lowest BCUT2D eigenvalue weighted by Crippen LogP contribution is -2.36. The van der Waals surface area contributed by atoms with Crippen LogP contribution in [0.15, 0.2) is 42.7 Å². The predicted octanol–water partition coefficient (Wildman–Crippen LogP) is 2.35. The molecule has 4 heteroatoms. The number of benzene rings is 1. The Bertz CT molecular complexity index is 492. The summed E-state index contributed by atoms with van der Waals surface area (Å²) in [6, 6.07) is 10.6. The minimum Gasteiger partial charge on any atom is -0.315 e. The summed E-state index contributed by atoms with van der Waals surface area (Å²) in [7, 11) is 0. The Balaban J connectivity index is 1.81. The molecule has 0 aliphatic rings. The van der Waals surface area contributed by atoms with Crippen molar-refractivity contribution in [2.24, 2.45) is 0 Å². The summed E-state index contributed by atoms with van der Waals surface area (Å²) in [5, 5.41) is 11.3. The Morgan fingerprint density at radius 3 is 2.80 bits per heavy atom. The molecule has 0 saturated heterocycles. The number of para-hydroxylation sites is 1. The maximum Gasteiger partial charge on any atom is 0.0645 e. The van der Waals surface area contributed by atoms with Gasteiger partial charge in [0, 0.05) is 30.9 Å². The Labute approximate surface area is 121 Å². The Hall–Kier alpha value is -1.65. The molecular formula is C16H24N4. The third-order valence-corrected chi connectivity index (χ3v) is 3.19. The van der Waals surface area contributed by atoms with Gasteiger partial charge in [0.25, 0.3) is 0 Å². The molecule has 0 aliphatic heterocycles. The van der Waals surface area contributed by atoms with Gasteiger partial charge in [0.2, 0.25) is 0 Å². The van der Waals surface area contributed by atoms with Crippen LogP contribution >= 0.6 is 0 Å². The lowest BCUT2D eigenvalue weighted by atomic mass is 10.3. The van der Waals surface area contributed by atoms with Gasteiger partial charge >= 0.3 is 0 Å². The second-order valence-electron chi connectivity index (χ2n) is 5.11. The van der Waals surface area contributed by atoms with Crippen LogP contribution in [-0.2, 0) is 6.54 Å². The molecule has 1 aromatic heterocycles. The largest absolute Gasteiger partial charge is 0.315 e. The lowest BCUT2D eigenvalue weighted by Gasteiger charge is -2.13. The monoisotopic (exact) mass is 272 g/mol. The number of aromatic nitrogens is 2. The molecule has 0 aliphatic carbocycles. The maximum absolute atomic E-state index is 4.40. The van der Waals surface area contributed by atoms with Gasteiger partial charge in [-0.05, 0) is 32.0 Å². The number of hydrogen-bond acceptors (Lipinski definition) is 3. The first-order valence-electron chi connectivity index (χ1n) is 7.32. The van der Waals surface area contributed by atoms with Crippen LogP contribution in [-0.4, -0.2) is 28.9 Å². The molecule has 4 nitrogen and oxygen atoms in total. The number of hydrogen-bond donors (Lipinski definition) is 2. The molecule has 2 rings (SSSR count). The second-order valence-corrected chi connectivity index (χ2v) is 5.11. The first-order valence-corrected chi connectivity index (χ1v) is 7.32. The number of rotatable bonds is 8. The van der Waals surface area contributed by atoms with E-state index in [4.69, 9.17) is 0 Å². The summed E-state index contributed by atoms with van der Waals surface area (Å²) >= 11 is 0. The molecule has 0 spiro atoms. The normalized spacial score (nSPS) is 12.5. The average molecular weight is 272 g/mol. The molecule has 0 radical (unpaired) electrons. The molecule has 1 unspecified atom stereocenters. The van der Waals surface area contributed by atoms with Crippen molar-refractivity contribution in [3.8, 4) is 5.69 Å². The Morgan fingerprint density at radius 1 is 1.25 bits per heavy atom. The highest BCUT2D eigenvalue weighted by molar-refractivity contribution is 5.30. The van der Waals surface area contributed by atoms with Gasteiger partial charge in [-0.3, -0.25) is 0 Å². The highest BCUT2D eigenvalue weighted by atomic mass is 15.3. The molecule has 1 heterocycles. The minimum absolute atomic E-state index is 0.460. The highest BCUT2D eigenvalue weighted by Crippen LogP contribution is 2.07. The third-order valence-electron chi connectivity index (χ3n) is 3.19. The average Bonchev–Trinajstić information content (AvgIpc) is 2.95. The SMILES string of the molecule is CCCNCC(C)NCc1cnn(-c2ccccc2)c1. The fraction of sp³-hybridized carbons (Fsp3) is 0.438. The van der Waals surface area contributed by atoms with E-state index in [1.165, 1.54) is 12.0 Å². The zero-order valence-corrected chi connectivity index (χ0v) is 12.3. The van der Waals surface area contributed by atoms with E-state index in [1.54, 1.807) is 0 Å². The van der Waals surface area contributed by atoms with Crippen molar-refractivity contribution in [2.45, 2.75) is 32.9 Å². The van der Waals surface area contributed by atoms with Gasteiger partial charge < -0.3 is 10.6 Å². The van der Waals surface area contributed by atoms with E-state index in [2.05, 4.69) is 47.9 Å². The molecule has 0 fully saturated rings. The van der Waals surface area contributed by atoms with Gasteiger partial charge in [0.05, 0.1) is 11.9 Å². The molecule has 108 valence electrons. The van der Waals surface area contributed by atoms with E-state index in [-0.39, 0.29) is 0 Å². The topological polar surface area (TPSA) is 41.9 Å². The molecule has 20 heavy (non-hydrogen) atoms. The molecule has 2 N–H and O–H groups in total. The van der Waals surface area contributed by atoms with Gasteiger partial charge in [0.15, 0.2) is 0 Å². The van der Waals surface area contributed by atoms with E-state index >= 15 is 0 Å². The van der Waals surface area contributed by atoms with Crippen molar-refractivity contribution in [3.63, 3.8) is 0 Å². The summed E-state index contributed by atoms with van der Waals surface area (Å²) < 4.78 is 1.91. The Kier molecular flexibility index (Phi) is 5.77. The molecule has 0 amide bonds. The summed E-state index contributed by atoms with van der Waals surface area (Å²) in [6.07, 6.45) is 5.18. The van der Waals surface area contributed by atoms with Crippen LogP contribution in [0.5, 0.6) is 0 Å². The van der Waals surface area contributed by atoms with Crippen molar-refractivity contribution in [1.29, 1.82) is 0 Å². The minimum atomic E-state index is 0.460. The van der Waals surface area contributed by atoms with Crippen LogP contribution < -0.4 is 10.6 Å². The van der Waals surface area contributed by atoms with Gasteiger partial charge in [0.1, 0.15) is 0 Å². The first kappa shape index (κ1) is 14.8. The van der Waals surface area contributed by atoms with Crippen molar-refractivity contribution >= 4 is 0 Å². The van der Waals surface area contributed by atoms with Gasteiger partial charge in [-0.15, -0.1) is 0 Å². The smallest absolute Gasteiger partial charge is 0.0645 e. The quantitative estimate of drug-likeness (QED) is 0.725. The predicted molar refractivity (Wildman–Crippen MR) is 83.0 cm³/mol. The molecule has 2 aromatic rings. The second kappa shape index (κ2) is 7.82. The van der Waals surface area contributed by atoms with Gasteiger partial charge in [-0.25, -0.2) is 4.68 Å². The van der Waals surface area contributed by atoms with Crippen LogP contribution in [0.1, 0.15) is 25.8 Å². The fourth-order valence-electron chi connectivity index (χ4n) is 2.03. The summed E-state index contributed by atoms with van der Waals surface area (Å²) in [5.41, 5.74) is 2.30. The lowest BCUT2D eigenvalue weighted by molar-refractivity contribution is 0.501. The highest BCUT2D eigenvalue weighted by Gasteiger charge is 2.03. The molecule has 0 saturated carbocycles. The van der Waals surface area contributed by atoms with Gasteiger partial charge in [-0.1, -0.05) is 25.1 Å². The summed E-state index contributed by atoms with van der Waals surface area (Å²) in [4.78, 5) is 0. The van der Waals surface area contributed by atoms with Crippen molar-refractivity contribution in [3.05, 3.63) is 48.3 Å². The van der Waals surface area contributed by atoms with E-state index < -0.39 is 0 Å². The molecule has 1 atom stereocenters. The van der Waals surface area contributed by atoms with E-state index in [0.29, 0.717) is 6.04 Å². The van der Waals surface area contributed by atoms with Crippen molar-refractivity contribution < 1.29 is 0 Å². The standard InChI is InChI=1S/C16H24N4/c1-3-9-17-10-14(2)18-11-15-12-19-20(13-15)16-7-5-4-6-8-16/h4-8,12-14,17-18H,3,9-11H2,1-2H3. The summed E-state index contributed by atoms with van der Waals surface area (Å²) in [5.74, 6) is 0. The van der Waals surface area contributed by atoms with Crippen LogP contribution in [0.3, 0.4) is 0 Å². The van der Waals surface area contributed by atoms with Crippen molar-refractivity contribution in [2.75, 3.05) is 13.1 Å². The zero-order chi connectivity index (χ0) is 14.2. The number of nitrogens with one attached hydrogen (secondary N) is 2. The third kappa shape index (κ3) is 4.47. The van der Waals surface area contributed by atoms with E-state index in [0.717, 1.165) is 25.3 Å². The van der Waals surface area contributed by atoms with E-state index in [1.807, 2.05) is 29.1 Å². The molecular weight excluding hydrogens is 248 g/mol. The van der Waals surface area contributed by atoms with Crippen LogP contribution in [0, 0.1) is 0 Å². The molecule has 0 bridgehead atoms.